The van der Waals surface area contributed by atoms with E-state index in [2.05, 4.69) is 31.3 Å². The Morgan fingerprint density at radius 1 is 0.333 bits per heavy atom. The fourth-order valence-electron chi connectivity index (χ4n) is 11.8. The van der Waals surface area contributed by atoms with Crippen molar-refractivity contribution in [3.63, 3.8) is 0 Å². The summed E-state index contributed by atoms with van der Waals surface area (Å²) in [5, 5.41) is 23.3. The van der Waals surface area contributed by atoms with Gasteiger partial charge in [-0.1, -0.05) is 372 Å². The first-order valence-corrected chi connectivity index (χ1v) is 37.1. The van der Waals surface area contributed by atoms with Crippen molar-refractivity contribution in [1.29, 1.82) is 0 Å². The van der Waals surface area contributed by atoms with Gasteiger partial charge in [0.15, 0.2) is 0 Å². The minimum Gasteiger partial charge on any atom is -0.466 e. The number of rotatable bonds is 70. The highest BCUT2D eigenvalue weighted by Crippen LogP contribution is 2.19. The monoisotopic (exact) mass is 1140 g/mol. The lowest BCUT2D eigenvalue weighted by Crippen LogP contribution is -2.45. The molecule has 0 aromatic carbocycles. The lowest BCUT2D eigenvalue weighted by Gasteiger charge is -2.20. The minimum atomic E-state index is -0.850. The van der Waals surface area contributed by atoms with Crippen molar-refractivity contribution in [2.45, 2.75) is 431 Å². The normalized spacial score (nSPS) is 12.6. The maximum atomic E-state index is 12.5. The van der Waals surface area contributed by atoms with E-state index in [4.69, 9.17) is 4.74 Å². The number of aliphatic hydroxyl groups is 2. The zero-order valence-electron chi connectivity index (χ0n) is 55.0. The van der Waals surface area contributed by atoms with Gasteiger partial charge < -0.3 is 20.3 Å². The molecule has 1 amide bonds. The third-order valence-electron chi connectivity index (χ3n) is 17.5. The molecule has 0 bridgehead atoms. The molecule has 0 rings (SSSR count). The molecule has 0 spiro atoms. The Kier molecular flexibility index (Phi) is 69.4. The first-order valence-electron chi connectivity index (χ1n) is 37.1. The van der Waals surface area contributed by atoms with Crippen LogP contribution in [0.5, 0.6) is 0 Å². The molecule has 0 heterocycles. The second-order valence-corrected chi connectivity index (χ2v) is 25.6. The third-order valence-corrected chi connectivity index (χ3v) is 17.5. The van der Waals surface area contributed by atoms with E-state index in [0.717, 1.165) is 44.9 Å². The number of esters is 1. The van der Waals surface area contributed by atoms with Crippen LogP contribution in [0, 0.1) is 0 Å². The van der Waals surface area contributed by atoms with Crippen molar-refractivity contribution in [2.75, 3.05) is 13.2 Å². The molecule has 81 heavy (non-hydrogen) atoms. The molecule has 0 aliphatic carbocycles. The van der Waals surface area contributed by atoms with Gasteiger partial charge in [-0.25, -0.2) is 0 Å². The maximum Gasteiger partial charge on any atom is 0.305 e. The first kappa shape index (κ1) is 79.3. The average molecular weight is 1140 g/mol. The Bertz CT molecular complexity index is 1270. The topological polar surface area (TPSA) is 95.9 Å². The summed E-state index contributed by atoms with van der Waals surface area (Å²) in [7, 11) is 0. The molecule has 3 N–H and O–H groups in total. The molecule has 0 aromatic heterocycles. The van der Waals surface area contributed by atoms with Crippen LogP contribution >= 0.6 is 0 Å². The van der Waals surface area contributed by atoms with Crippen LogP contribution in [0.2, 0.25) is 0 Å². The molecule has 6 heteroatoms. The molecular weight excluding hydrogens is 995 g/mol. The average Bonchev–Trinajstić information content (AvgIpc) is 3.47. The Hall–Kier alpha value is -1.66. The van der Waals surface area contributed by atoms with Gasteiger partial charge >= 0.3 is 5.97 Å². The van der Waals surface area contributed by atoms with E-state index in [9.17, 15) is 19.8 Å². The van der Waals surface area contributed by atoms with Crippen LogP contribution in [0.4, 0.5) is 0 Å². The number of amides is 1. The van der Waals surface area contributed by atoms with Crippen LogP contribution in [0.25, 0.3) is 0 Å². The quantitative estimate of drug-likeness (QED) is 0.0320. The summed E-state index contributed by atoms with van der Waals surface area (Å²) in [5.41, 5.74) is 0. The van der Waals surface area contributed by atoms with Crippen molar-refractivity contribution < 1.29 is 24.5 Å². The van der Waals surface area contributed by atoms with E-state index in [1.165, 1.54) is 347 Å². The van der Waals surface area contributed by atoms with Gasteiger partial charge in [-0.05, 0) is 57.8 Å². The smallest absolute Gasteiger partial charge is 0.305 e. The van der Waals surface area contributed by atoms with Crippen LogP contribution in [0.3, 0.4) is 0 Å². The summed E-state index contributed by atoms with van der Waals surface area (Å²) >= 11 is 0. The standard InChI is InChI=1S/C75H145NO5/c1-3-5-7-9-11-13-15-17-19-21-23-24-26-29-32-35-39-43-47-51-55-59-63-67-73(78)72(71-77)76-74(79)68-64-60-56-52-48-44-40-36-33-30-27-25-28-31-34-38-42-46-50-54-58-62-66-70-81-75(80)69-65-61-57-53-49-45-41-37-22-20-18-16-14-12-10-8-6-4-2/h30,33,63,67,72-73,77-78H,3-29,31-32,34-62,64-66,68-71H2,1-2H3,(H,76,79)/b33-30-,67-63+. The largest absolute Gasteiger partial charge is 0.466 e. The molecule has 2 atom stereocenters. The predicted octanol–water partition coefficient (Wildman–Crippen LogP) is 24.1. The van der Waals surface area contributed by atoms with Crippen LogP contribution in [-0.2, 0) is 14.3 Å². The summed E-state index contributed by atoms with van der Waals surface area (Å²) in [5.74, 6) is -0.0533. The number of aliphatic hydroxyl groups excluding tert-OH is 2. The number of carbonyl (C=O) groups is 2. The van der Waals surface area contributed by atoms with E-state index in [1.54, 1.807) is 6.08 Å². The first-order chi connectivity index (χ1) is 40.0. The van der Waals surface area contributed by atoms with Gasteiger partial charge in [-0.2, -0.15) is 0 Å². The second kappa shape index (κ2) is 70.8. The molecule has 480 valence electrons. The van der Waals surface area contributed by atoms with E-state index in [-0.39, 0.29) is 18.5 Å². The number of nitrogens with one attached hydrogen (secondary N) is 1. The fraction of sp³-hybridized carbons (Fsp3) is 0.920. The minimum absolute atomic E-state index is 0.0164. The lowest BCUT2D eigenvalue weighted by molar-refractivity contribution is -0.143. The van der Waals surface area contributed by atoms with Crippen LogP contribution in [-0.4, -0.2) is 47.4 Å². The summed E-state index contributed by atoms with van der Waals surface area (Å²) < 4.78 is 5.51. The summed E-state index contributed by atoms with van der Waals surface area (Å²) in [6, 6.07) is -0.634. The highest BCUT2D eigenvalue weighted by atomic mass is 16.5. The van der Waals surface area contributed by atoms with Crippen molar-refractivity contribution in [1.82, 2.24) is 5.32 Å². The zero-order valence-corrected chi connectivity index (χ0v) is 55.0. The summed E-state index contributed by atoms with van der Waals surface area (Å²) in [6.07, 6.45) is 89.8. The third kappa shape index (κ3) is 67.3. The van der Waals surface area contributed by atoms with E-state index < -0.39 is 12.1 Å². The van der Waals surface area contributed by atoms with E-state index >= 15 is 0 Å². The Balaban J connectivity index is 3.41. The number of carbonyl (C=O) groups excluding carboxylic acids is 2. The molecule has 6 nitrogen and oxygen atoms in total. The van der Waals surface area contributed by atoms with Gasteiger partial charge in [0.05, 0.1) is 25.4 Å². The second-order valence-electron chi connectivity index (χ2n) is 25.6. The molecule has 0 aromatic rings. The van der Waals surface area contributed by atoms with Gasteiger partial charge in [-0.15, -0.1) is 0 Å². The summed E-state index contributed by atoms with van der Waals surface area (Å²) in [6.45, 7) is 4.95. The molecule has 0 radical (unpaired) electrons. The number of allylic oxidation sites excluding steroid dienone is 3. The number of hydrogen-bond donors (Lipinski definition) is 3. The van der Waals surface area contributed by atoms with Crippen molar-refractivity contribution in [2.24, 2.45) is 0 Å². The highest BCUT2D eigenvalue weighted by molar-refractivity contribution is 5.76. The maximum absolute atomic E-state index is 12.5. The van der Waals surface area contributed by atoms with Crippen LogP contribution in [0.1, 0.15) is 418 Å². The molecule has 0 fully saturated rings. The predicted molar refractivity (Wildman–Crippen MR) is 356 cm³/mol. The molecule has 0 saturated heterocycles. The number of ether oxygens (including phenoxy) is 1. The Labute approximate surface area is 507 Å². The van der Waals surface area contributed by atoms with E-state index in [1.807, 2.05) is 6.08 Å². The van der Waals surface area contributed by atoms with Gasteiger partial charge in [0.2, 0.25) is 5.91 Å². The summed E-state index contributed by atoms with van der Waals surface area (Å²) in [4.78, 5) is 24.7. The number of hydrogen-bond acceptors (Lipinski definition) is 5. The number of unbranched alkanes of at least 4 members (excludes halogenated alkanes) is 57. The van der Waals surface area contributed by atoms with E-state index in [0.29, 0.717) is 19.4 Å². The molecule has 2 unspecified atom stereocenters. The van der Waals surface area contributed by atoms with Crippen molar-refractivity contribution >= 4 is 11.9 Å². The van der Waals surface area contributed by atoms with Gasteiger partial charge in [0, 0.05) is 12.8 Å². The Morgan fingerprint density at radius 3 is 0.877 bits per heavy atom. The van der Waals surface area contributed by atoms with Crippen LogP contribution < -0.4 is 5.32 Å². The van der Waals surface area contributed by atoms with Crippen molar-refractivity contribution in [3.8, 4) is 0 Å². The highest BCUT2D eigenvalue weighted by Gasteiger charge is 2.18. The molecule has 0 aliphatic rings. The van der Waals surface area contributed by atoms with Gasteiger partial charge in [0.1, 0.15) is 0 Å². The van der Waals surface area contributed by atoms with Crippen molar-refractivity contribution in [3.05, 3.63) is 24.3 Å². The zero-order chi connectivity index (χ0) is 58.5. The lowest BCUT2D eigenvalue weighted by atomic mass is 10.0. The molecule has 0 saturated carbocycles. The van der Waals surface area contributed by atoms with Crippen LogP contribution in [0.15, 0.2) is 24.3 Å². The molecular formula is C75H145NO5. The SMILES string of the molecule is CCCCCCCCCCCCCCCCCCCCCCC/C=C/C(O)C(CO)NC(=O)CCCCCCCCC/C=C\CCCCCCCCCCCCCCOC(=O)CCCCCCCCCCCCCCCCCCCC. The fourth-order valence-corrected chi connectivity index (χ4v) is 11.8. The Morgan fingerprint density at radius 2 is 0.580 bits per heavy atom. The van der Waals surface area contributed by atoms with Gasteiger partial charge in [0.25, 0.3) is 0 Å². The van der Waals surface area contributed by atoms with Gasteiger partial charge in [-0.3, -0.25) is 9.59 Å². The molecule has 0 aliphatic heterocycles.